The van der Waals surface area contributed by atoms with E-state index in [2.05, 4.69) is 10.3 Å². The van der Waals surface area contributed by atoms with Gasteiger partial charge < -0.3 is 19.5 Å². The second-order valence-electron chi connectivity index (χ2n) is 6.55. The molecule has 2 heterocycles. The number of imidazole rings is 1. The molecule has 1 unspecified atom stereocenters. The minimum Gasteiger partial charge on any atom is -0.493 e. The zero-order valence-electron chi connectivity index (χ0n) is 16.2. The predicted octanol–water partition coefficient (Wildman–Crippen LogP) is 4.03. The van der Waals surface area contributed by atoms with E-state index in [9.17, 15) is 4.79 Å². The van der Waals surface area contributed by atoms with Gasteiger partial charge >= 0.3 is 0 Å². The van der Waals surface area contributed by atoms with Crippen LogP contribution in [0, 0.1) is 0 Å². The number of methoxy groups -OCH3 is 3. The number of nitrogens with one attached hydrogen (secondary N) is 1. The van der Waals surface area contributed by atoms with Gasteiger partial charge in [0.2, 0.25) is 11.7 Å². The molecule has 0 saturated heterocycles. The van der Waals surface area contributed by atoms with Crippen molar-refractivity contribution in [3.63, 3.8) is 0 Å². The molecule has 1 atom stereocenters. The molecule has 2 aromatic carbocycles. The van der Waals surface area contributed by atoms with Crippen molar-refractivity contribution in [1.29, 1.82) is 0 Å². The predicted molar refractivity (Wildman–Crippen MR) is 110 cm³/mol. The van der Waals surface area contributed by atoms with E-state index in [1.165, 1.54) is 0 Å². The highest BCUT2D eigenvalue weighted by atomic mass is 35.5. The van der Waals surface area contributed by atoms with Crippen molar-refractivity contribution in [3.8, 4) is 22.9 Å². The lowest BCUT2D eigenvalue weighted by molar-refractivity contribution is -0.116. The summed E-state index contributed by atoms with van der Waals surface area (Å²) < 4.78 is 18.3. The molecule has 0 aliphatic carbocycles. The van der Waals surface area contributed by atoms with E-state index >= 15 is 0 Å². The first kappa shape index (κ1) is 19.1. The van der Waals surface area contributed by atoms with Crippen LogP contribution in [0.2, 0.25) is 5.02 Å². The zero-order chi connectivity index (χ0) is 20.5. The number of ether oxygens (including phenoxy) is 3. The van der Waals surface area contributed by atoms with Gasteiger partial charge in [0.1, 0.15) is 12.1 Å². The number of halogens is 1. The summed E-state index contributed by atoms with van der Waals surface area (Å²) in [5.41, 5.74) is 2.41. The molecule has 1 aromatic heterocycles. The van der Waals surface area contributed by atoms with Crippen molar-refractivity contribution in [2.75, 3.05) is 26.6 Å². The summed E-state index contributed by atoms with van der Waals surface area (Å²) in [4.78, 5) is 17.2. The summed E-state index contributed by atoms with van der Waals surface area (Å²) in [6.07, 6.45) is 1.94. The lowest BCUT2D eigenvalue weighted by Crippen LogP contribution is -2.25. The van der Waals surface area contributed by atoms with Crippen LogP contribution < -0.4 is 19.5 Å². The van der Waals surface area contributed by atoms with E-state index < -0.39 is 0 Å². The largest absolute Gasteiger partial charge is 0.493 e. The number of carbonyl (C=O) groups excluding carboxylic acids is 1. The van der Waals surface area contributed by atoms with Crippen molar-refractivity contribution in [1.82, 2.24) is 9.55 Å². The average molecular weight is 414 g/mol. The average Bonchev–Trinajstić information content (AvgIpc) is 3.16. The standard InChI is InChI=1S/C21H20ClN3O4/c1-27-16-9-8-14(19(28-2)20(16)29-3)15-10-17(26)24-21-18(15)23-11-25(21)13-6-4-12(22)5-7-13/h4-9,11,15H,10H2,1-3H3,(H,24,26). The van der Waals surface area contributed by atoms with Crippen LogP contribution in [0.4, 0.5) is 5.82 Å². The Morgan fingerprint density at radius 2 is 1.76 bits per heavy atom. The molecule has 1 aliphatic heterocycles. The minimum absolute atomic E-state index is 0.102. The molecule has 0 fully saturated rings. The van der Waals surface area contributed by atoms with E-state index in [1.54, 1.807) is 45.9 Å². The second-order valence-corrected chi connectivity index (χ2v) is 6.99. The number of carbonyl (C=O) groups is 1. The van der Waals surface area contributed by atoms with Crippen molar-refractivity contribution in [3.05, 3.63) is 59.0 Å². The molecule has 1 amide bonds. The van der Waals surface area contributed by atoms with Crippen LogP contribution in [0.15, 0.2) is 42.7 Å². The maximum atomic E-state index is 12.6. The molecular weight excluding hydrogens is 394 g/mol. The normalized spacial score (nSPS) is 15.4. The molecule has 150 valence electrons. The Labute approximate surface area is 173 Å². The summed E-state index contributed by atoms with van der Waals surface area (Å²) >= 11 is 6.00. The van der Waals surface area contributed by atoms with Gasteiger partial charge in [-0.05, 0) is 30.3 Å². The molecular formula is C21H20ClN3O4. The number of nitrogens with zero attached hydrogens (tertiary/aromatic N) is 2. The molecule has 0 spiro atoms. The number of benzene rings is 2. The minimum atomic E-state index is -0.290. The lowest BCUT2D eigenvalue weighted by Gasteiger charge is -2.25. The fraction of sp³-hybridized carbons (Fsp3) is 0.238. The fourth-order valence-corrected chi connectivity index (χ4v) is 3.79. The molecule has 0 saturated carbocycles. The van der Waals surface area contributed by atoms with Crippen LogP contribution in [0.5, 0.6) is 17.2 Å². The van der Waals surface area contributed by atoms with Gasteiger partial charge in [-0.15, -0.1) is 0 Å². The highest BCUT2D eigenvalue weighted by Crippen LogP contribution is 2.47. The monoisotopic (exact) mass is 413 g/mol. The summed E-state index contributed by atoms with van der Waals surface area (Å²) in [5.74, 6) is 1.80. The number of anilines is 1. The highest BCUT2D eigenvalue weighted by molar-refractivity contribution is 6.30. The summed E-state index contributed by atoms with van der Waals surface area (Å²) in [7, 11) is 4.69. The third-order valence-electron chi connectivity index (χ3n) is 4.99. The van der Waals surface area contributed by atoms with E-state index in [-0.39, 0.29) is 18.2 Å². The van der Waals surface area contributed by atoms with Crippen molar-refractivity contribution in [2.45, 2.75) is 12.3 Å². The molecule has 3 aromatic rings. The van der Waals surface area contributed by atoms with E-state index in [1.807, 2.05) is 22.8 Å². The lowest BCUT2D eigenvalue weighted by atomic mass is 9.88. The molecule has 29 heavy (non-hydrogen) atoms. The maximum Gasteiger partial charge on any atom is 0.226 e. The molecule has 0 radical (unpaired) electrons. The van der Waals surface area contributed by atoms with Crippen molar-refractivity contribution in [2.24, 2.45) is 0 Å². The molecule has 4 rings (SSSR count). The van der Waals surface area contributed by atoms with Gasteiger partial charge in [0.05, 0.1) is 27.0 Å². The Morgan fingerprint density at radius 1 is 1.03 bits per heavy atom. The van der Waals surface area contributed by atoms with Crippen LogP contribution >= 0.6 is 11.6 Å². The van der Waals surface area contributed by atoms with Crippen LogP contribution in [0.3, 0.4) is 0 Å². The van der Waals surface area contributed by atoms with Crippen LogP contribution in [-0.4, -0.2) is 36.8 Å². The van der Waals surface area contributed by atoms with Crippen LogP contribution in [0.25, 0.3) is 5.69 Å². The number of amides is 1. The van der Waals surface area contributed by atoms with Gasteiger partial charge in [0.15, 0.2) is 11.5 Å². The Morgan fingerprint density at radius 3 is 2.41 bits per heavy atom. The molecule has 8 heteroatoms. The molecule has 7 nitrogen and oxygen atoms in total. The quantitative estimate of drug-likeness (QED) is 0.683. The topological polar surface area (TPSA) is 74.6 Å². The van der Waals surface area contributed by atoms with Crippen LogP contribution in [0.1, 0.15) is 23.6 Å². The Kier molecular flexibility index (Phi) is 5.07. The van der Waals surface area contributed by atoms with Gasteiger partial charge in [-0.1, -0.05) is 17.7 Å². The zero-order valence-corrected chi connectivity index (χ0v) is 17.0. The molecule has 1 aliphatic rings. The Hall–Kier alpha value is -3.19. The Bertz CT molecular complexity index is 1060. The first-order valence-corrected chi connectivity index (χ1v) is 9.37. The fourth-order valence-electron chi connectivity index (χ4n) is 3.66. The number of hydrogen-bond acceptors (Lipinski definition) is 5. The number of hydrogen-bond donors (Lipinski definition) is 1. The molecule has 1 N–H and O–H groups in total. The number of fused-ring (bicyclic) bond motifs is 1. The SMILES string of the molecule is COc1ccc(C2CC(=O)Nc3c2ncn3-c2ccc(Cl)cc2)c(OC)c1OC. The van der Waals surface area contributed by atoms with Gasteiger partial charge in [-0.2, -0.15) is 0 Å². The van der Waals surface area contributed by atoms with Gasteiger partial charge in [0, 0.05) is 28.6 Å². The van der Waals surface area contributed by atoms with Crippen molar-refractivity contribution < 1.29 is 19.0 Å². The van der Waals surface area contributed by atoms with Crippen LogP contribution in [-0.2, 0) is 4.79 Å². The maximum absolute atomic E-state index is 12.6. The van der Waals surface area contributed by atoms with Gasteiger partial charge in [-0.25, -0.2) is 4.98 Å². The first-order chi connectivity index (χ1) is 14.1. The Balaban J connectivity index is 1.85. The van der Waals surface area contributed by atoms with E-state index in [0.29, 0.717) is 28.1 Å². The van der Waals surface area contributed by atoms with Crippen molar-refractivity contribution >= 4 is 23.3 Å². The highest BCUT2D eigenvalue weighted by Gasteiger charge is 2.34. The first-order valence-electron chi connectivity index (χ1n) is 8.99. The number of aromatic nitrogens is 2. The summed E-state index contributed by atoms with van der Waals surface area (Å²) in [5, 5.41) is 3.58. The van der Waals surface area contributed by atoms with Gasteiger partial charge in [-0.3, -0.25) is 9.36 Å². The third kappa shape index (κ3) is 3.27. The van der Waals surface area contributed by atoms with E-state index in [4.69, 9.17) is 25.8 Å². The van der Waals surface area contributed by atoms with Gasteiger partial charge in [0.25, 0.3) is 0 Å². The summed E-state index contributed by atoms with van der Waals surface area (Å²) in [6.45, 7) is 0. The van der Waals surface area contributed by atoms with E-state index in [0.717, 1.165) is 16.9 Å². The smallest absolute Gasteiger partial charge is 0.226 e. The number of rotatable bonds is 5. The molecule has 0 bridgehead atoms. The summed E-state index contributed by atoms with van der Waals surface area (Å²) in [6, 6.07) is 11.0. The third-order valence-corrected chi connectivity index (χ3v) is 5.24. The second kappa shape index (κ2) is 7.67.